The molecule has 0 radical (unpaired) electrons. The maximum absolute atomic E-state index is 11.1. The number of carboxylic acid groups (broad SMARTS) is 1. The molecule has 1 saturated carbocycles. The third-order valence-electron chi connectivity index (χ3n) is 3.50. The van der Waals surface area contributed by atoms with E-state index in [9.17, 15) is 4.79 Å². The molecule has 2 N–H and O–H groups in total. The van der Waals surface area contributed by atoms with Gasteiger partial charge in [-0.15, -0.1) is 0 Å². The summed E-state index contributed by atoms with van der Waals surface area (Å²) in [7, 11) is 0. The van der Waals surface area contributed by atoms with E-state index in [0.29, 0.717) is 5.52 Å². The summed E-state index contributed by atoms with van der Waals surface area (Å²) < 4.78 is 0. The number of hydrogen-bond donors (Lipinski definition) is 2. The number of rotatable bonds is 3. The van der Waals surface area contributed by atoms with Gasteiger partial charge in [-0.1, -0.05) is 25.3 Å². The highest BCUT2D eigenvalue weighted by Gasteiger charge is 2.20. The second kappa shape index (κ2) is 3.87. The maximum Gasteiger partial charge on any atom is 0.337 e. The van der Waals surface area contributed by atoms with Gasteiger partial charge in [0.1, 0.15) is 11.3 Å². The van der Waals surface area contributed by atoms with Crippen LogP contribution in [0.2, 0.25) is 0 Å². The van der Waals surface area contributed by atoms with Crippen molar-refractivity contribution in [3.05, 3.63) is 29.6 Å². The lowest BCUT2D eigenvalue weighted by Gasteiger charge is -2.23. The van der Waals surface area contributed by atoms with Gasteiger partial charge in [0, 0.05) is 6.42 Å². The topological polar surface area (TPSA) is 66.0 Å². The zero-order valence-electron chi connectivity index (χ0n) is 9.44. The molecule has 1 heterocycles. The first-order chi connectivity index (χ1) is 8.24. The number of hydrogen-bond acceptors (Lipinski definition) is 2. The highest BCUT2D eigenvalue weighted by atomic mass is 16.4. The predicted molar refractivity (Wildman–Crippen MR) is 64.1 cm³/mol. The maximum atomic E-state index is 11.1. The van der Waals surface area contributed by atoms with E-state index in [4.69, 9.17) is 5.11 Å². The normalized spacial score (nSPS) is 16.0. The van der Waals surface area contributed by atoms with Crippen LogP contribution < -0.4 is 0 Å². The van der Waals surface area contributed by atoms with Crippen LogP contribution in [0.15, 0.2) is 18.2 Å². The predicted octanol–water partition coefficient (Wildman–Crippen LogP) is 2.60. The van der Waals surface area contributed by atoms with Crippen LogP contribution in [0.1, 0.15) is 35.4 Å². The molecule has 0 bridgehead atoms. The van der Waals surface area contributed by atoms with Gasteiger partial charge in [0.15, 0.2) is 0 Å². The second-order valence-corrected chi connectivity index (χ2v) is 4.69. The molecule has 1 aliphatic carbocycles. The van der Waals surface area contributed by atoms with Crippen molar-refractivity contribution >= 4 is 17.0 Å². The Morgan fingerprint density at radius 2 is 2.29 bits per heavy atom. The van der Waals surface area contributed by atoms with E-state index in [-0.39, 0.29) is 5.56 Å². The number of H-pyrrole nitrogens is 1. The number of nitrogens with zero attached hydrogens (tertiary/aromatic N) is 1. The fourth-order valence-electron chi connectivity index (χ4n) is 2.32. The second-order valence-electron chi connectivity index (χ2n) is 4.69. The molecule has 0 unspecified atom stereocenters. The van der Waals surface area contributed by atoms with Crippen molar-refractivity contribution in [3.8, 4) is 0 Å². The van der Waals surface area contributed by atoms with Crippen molar-refractivity contribution in [3.63, 3.8) is 0 Å². The molecule has 2 aromatic rings. The lowest BCUT2D eigenvalue weighted by Crippen LogP contribution is -2.14. The number of carboxylic acids is 1. The Morgan fingerprint density at radius 3 is 2.94 bits per heavy atom. The Hall–Kier alpha value is -1.84. The van der Waals surface area contributed by atoms with Crippen molar-refractivity contribution in [2.24, 2.45) is 5.92 Å². The van der Waals surface area contributed by atoms with Gasteiger partial charge in [-0.25, -0.2) is 9.78 Å². The average molecular weight is 230 g/mol. The molecule has 0 aliphatic heterocycles. The molecule has 1 fully saturated rings. The van der Waals surface area contributed by atoms with E-state index in [0.717, 1.165) is 23.7 Å². The standard InChI is InChI=1S/C13H14N2O2/c16-13(17)9-5-2-6-10-12(9)15-11(14-10)7-8-3-1-4-8/h2,5-6,8H,1,3-4,7H2,(H,14,15)(H,16,17). The number of aromatic amines is 1. The van der Waals surface area contributed by atoms with Crippen molar-refractivity contribution in [1.82, 2.24) is 9.97 Å². The average Bonchev–Trinajstić information content (AvgIpc) is 2.65. The highest BCUT2D eigenvalue weighted by Crippen LogP contribution is 2.29. The summed E-state index contributed by atoms with van der Waals surface area (Å²) in [5, 5.41) is 9.08. The number of benzene rings is 1. The monoisotopic (exact) mass is 230 g/mol. The quantitative estimate of drug-likeness (QED) is 0.851. The van der Waals surface area contributed by atoms with Crippen LogP contribution in [-0.4, -0.2) is 21.0 Å². The summed E-state index contributed by atoms with van der Waals surface area (Å²) in [6.45, 7) is 0. The Kier molecular flexibility index (Phi) is 2.35. The van der Waals surface area contributed by atoms with Crippen LogP contribution >= 0.6 is 0 Å². The zero-order chi connectivity index (χ0) is 11.8. The van der Waals surface area contributed by atoms with Crippen LogP contribution in [0, 0.1) is 5.92 Å². The molecular formula is C13H14N2O2. The number of imidazole rings is 1. The molecule has 0 spiro atoms. The van der Waals surface area contributed by atoms with Gasteiger partial charge in [-0.3, -0.25) is 0 Å². The summed E-state index contributed by atoms with van der Waals surface area (Å²) in [6, 6.07) is 5.22. The van der Waals surface area contributed by atoms with Gasteiger partial charge < -0.3 is 10.1 Å². The van der Waals surface area contributed by atoms with Gasteiger partial charge in [0.2, 0.25) is 0 Å². The largest absolute Gasteiger partial charge is 0.478 e. The molecule has 0 amide bonds. The smallest absolute Gasteiger partial charge is 0.337 e. The van der Waals surface area contributed by atoms with Crippen LogP contribution in [0.25, 0.3) is 11.0 Å². The molecule has 4 nitrogen and oxygen atoms in total. The Morgan fingerprint density at radius 1 is 1.47 bits per heavy atom. The number of aromatic carboxylic acids is 1. The lowest BCUT2D eigenvalue weighted by molar-refractivity contribution is 0.0699. The van der Waals surface area contributed by atoms with Crippen molar-refractivity contribution < 1.29 is 9.90 Å². The fraction of sp³-hybridized carbons (Fsp3) is 0.385. The molecule has 1 aliphatic rings. The minimum Gasteiger partial charge on any atom is -0.478 e. The number of fused-ring (bicyclic) bond motifs is 1. The zero-order valence-corrected chi connectivity index (χ0v) is 9.44. The number of aromatic nitrogens is 2. The molecule has 4 heteroatoms. The van der Waals surface area contributed by atoms with Crippen molar-refractivity contribution in [2.75, 3.05) is 0 Å². The van der Waals surface area contributed by atoms with Crippen molar-refractivity contribution in [1.29, 1.82) is 0 Å². The Balaban J connectivity index is 1.99. The van der Waals surface area contributed by atoms with E-state index >= 15 is 0 Å². The summed E-state index contributed by atoms with van der Waals surface area (Å²) in [5.74, 6) is 0.722. The van der Waals surface area contributed by atoms with Gasteiger partial charge in [0.05, 0.1) is 11.1 Å². The number of nitrogens with one attached hydrogen (secondary N) is 1. The number of carbonyl (C=O) groups is 1. The van der Waals surface area contributed by atoms with E-state index in [1.807, 2.05) is 6.07 Å². The van der Waals surface area contributed by atoms with Crippen LogP contribution in [0.5, 0.6) is 0 Å². The molecule has 1 aromatic heterocycles. The molecule has 88 valence electrons. The van der Waals surface area contributed by atoms with Gasteiger partial charge in [-0.05, 0) is 18.1 Å². The van der Waals surface area contributed by atoms with Crippen LogP contribution in [0.3, 0.4) is 0 Å². The van der Waals surface area contributed by atoms with Gasteiger partial charge in [0.25, 0.3) is 0 Å². The molecular weight excluding hydrogens is 216 g/mol. The van der Waals surface area contributed by atoms with E-state index < -0.39 is 5.97 Å². The highest BCUT2D eigenvalue weighted by molar-refractivity contribution is 6.00. The first-order valence-corrected chi connectivity index (χ1v) is 5.95. The summed E-state index contributed by atoms with van der Waals surface area (Å²) in [5.41, 5.74) is 1.67. The first-order valence-electron chi connectivity index (χ1n) is 5.95. The fourth-order valence-corrected chi connectivity index (χ4v) is 2.32. The third-order valence-corrected chi connectivity index (χ3v) is 3.50. The first kappa shape index (κ1) is 10.3. The van der Waals surface area contributed by atoms with E-state index in [1.54, 1.807) is 12.1 Å². The SMILES string of the molecule is O=C(O)c1cccc2[nH]c(CC3CCC3)nc12. The molecule has 17 heavy (non-hydrogen) atoms. The minimum atomic E-state index is -0.919. The van der Waals surface area contributed by atoms with E-state index in [1.165, 1.54) is 19.3 Å². The third kappa shape index (κ3) is 1.79. The van der Waals surface area contributed by atoms with Gasteiger partial charge >= 0.3 is 5.97 Å². The van der Waals surface area contributed by atoms with Crippen LogP contribution in [-0.2, 0) is 6.42 Å². The van der Waals surface area contributed by atoms with Gasteiger partial charge in [-0.2, -0.15) is 0 Å². The molecule has 0 saturated heterocycles. The summed E-state index contributed by atoms with van der Waals surface area (Å²) >= 11 is 0. The van der Waals surface area contributed by atoms with Crippen molar-refractivity contribution in [2.45, 2.75) is 25.7 Å². The number of para-hydroxylation sites is 1. The Labute approximate surface area is 98.7 Å². The van der Waals surface area contributed by atoms with E-state index in [2.05, 4.69) is 9.97 Å². The molecule has 3 rings (SSSR count). The minimum absolute atomic E-state index is 0.276. The molecule has 1 aromatic carbocycles. The summed E-state index contributed by atoms with van der Waals surface area (Å²) in [6.07, 6.45) is 4.78. The molecule has 0 atom stereocenters. The van der Waals surface area contributed by atoms with Crippen LogP contribution in [0.4, 0.5) is 0 Å². The summed E-state index contributed by atoms with van der Waals surface area (Å²) in [4.78, 5) is 18.7. The Bertz CT molecular complexity index is 570. The lowest BCUT2D eigenvalue weighted by atomic mass is 9.83.